The lowest BCUT2D eigenvalue weighted by Gasteiger charge is -2.31. The maximum atomic E-state index is 12.7. The molecule has 130 valence electrons. The van der Waals surface area contributed by atoms with Crippen LogP contribution in [0.3, 0.4) is 0 Å². The van der Waals surface area contributed by atoms with Crippen LogP contribution in [0.4, 0.5) is 13.2 Å². The molecule has 1 atom stereocenters. The summed E-state index contributed by atoms with van der Waals surface area (Å²) < 4.78 is 40.0. The average molecular weight is 341 g/mol. The number of hydroxylamine groups is 2. The fourth-order valence-corrected chi connectivity index (χ4v) is 2.82. The van der Waals surface area contributed by atoms with Gasteiger partial charge in [0.25, 0.3) is 0 Å². The van der Waals surface area contributed by atoms with Crippen LogP contribution in [-0.4, -0.2) is 38.4 Å². The number of benzene rings is 1. The number of nitrogens with zero attached hydrogens (tertiary/aromatic N) is 5. The molecule has 0 bridgehead atoms. The summed E-state index contributed by atoms with van der Waals surface area (Å²) in [5.74, 6) is 0.736. The van der Waals surface area contributed by atoms with Crippen molar-refractivity contribution in [3.8, 4) is 0 Å². The zero-order valence-corrected chi connectivity index (χ0v) is 13.2. The summed E-state index contributed by atoms with van der Waals surface area (Å²) in [6.07, 6.45) is -2.49. The summed E-state index contributed by atoms with van der Waals surface area (Å²) >= 11 is 0. The smallest absolute Gasteiger partial charge is 0.294 e. The highest BCUT2D eigenvalue weighted by Crippen LogP contribution is 2.30. The Kier molecular flexibility index (Phi) is 4.81. The molecule has 1 aromatic heterocycles. The van der Waals surface area contributed by atoms with Gasteiger partial charge in [-0.1, -0.05) is 12.1 Å². The summed E-state index contributed by atoms with van der Waals surface area (Å²) in [6.45, 7) is 3.27. The van der Waals surface area contributed by atoms with E-state index in [0.717, 1.165) is 37.3 Å². The zero-order chi connectivity index (χ0) is 17.2. The molecule has 9 heteroatoms. The molecule has 1 unspecified atom stereocenters. The summed E-state index contributed by atoms with van der Waals surface area (Å²) in [5, 5.41) is 13.3. The highest BCUT2D eigenvalue weighted by atomic mass is 19.4. The van der Waals surface area contributed by atoms with E-state index in [4.69, 9.17) is 4.84 Å². The first-order valence-electron chi connectivity index (χ1n) is 7.72. The Morgan fingerprint density at radius 3 is 2.88 bits per heavy atom. The molecule has 0 spiro atoms. The van der Waals surface area contributed by atoms with E-state index in [9.17, 15) is 13.2 Å². The standard InChI is InChI=1S/C15H18F3N5O/c1-11-19-20-21-23(11)14-6-3-7-22(9-14)24-10-12-4-2-5-13(8-12)15(16,17)18/h2,4-5,8,14H,3,6-7,9-10H2,1H3. The third-order valence-corrected chi connectivity index (χ3v) is 4.03. The van der Waals surface area contributed by atoms with Crippen LogP contribution < -0.4 is 0 Å². The number of piperidine rings is 1. The fraction of sp³-hybridized carbons (Fsp3) is 0.533. The summed E-state index contributed by atoms with van der Waals surface area (Å²) in [6, 6.07) is 5.30. The van der Waals surface area contributed by atoms with E-state index < -0.39 is 11.7 Å². The number of alkyl halides is 3. The first-order chi connectivity index (χ1) is 11.4. The molecule has 24 heavy (non-hydrogen) atoms. The van der Waals surface area contributed by atoms with Gasteiger partial charge in [-0.05, 0) is 47.9 Å². The van der Waals surface area contributed by atoms with Gasteiger partial charge in [0.05, 0.1) is 18.2 Å². The Labute approximate surface area is 137 Å². The zero-order valence-electron chi connectivity index (χ0n) is 13.2. The second kappa shape index (κ2) is 6.86. The van der Waals surface area contributed by atoms with Crippen molar-refractivity contribution >= 4 is 0 Å². The van der Waals surface area contributed by atoms with E-state index in [2.05, 4.69) is 15.5 Å². The van der Waals surface area contributed by atoms with Gasteiger partial charge in [-0.15, -0.1) is 5.10 Å². The van der Waals surface area contributed by atoms with Crippen LogP contribution in [0.1, 0.15) is 35.8 Å². The first-order valence-corrected chi connectivity index (χ1v) is 7.72. The normalized spacial score (nSPS) is 19.6. The molecule has 1 saturated heterocycles. The average Bonchev–Trinajstić information content (AvgIpc) is 2.99. The summed E-state index contributed by atoms with van der Waals surface area (Å²) in [5.41, 5.74) is -0.171. The summed E-state index contributed by atoms with van der Waals surface area (Å²) in [4.78, 5) is 5.69. The lowest BCUT2D eigenvalue weighted by molar-refractivity contribution is -0.187. The van der Waals surface area contributed by atoms with Gasteiger partial charge in [-0.25, -0.2) is 4.68 Å². The number of hydrogen-bond donors (Lipinski definition) is 0. The third-order valence-electron chi connectivity index (χ3n) is 4.03. The minimum Gasteiger partial charge on any atom is -0.294 e. The second-order valence-electron chi connectivity index (χ2n) is 5.83. The Morgan fingerprint density at radius 2 is 2.17 bits per heavy atom. The highest BCUT2D eigenvalue weighted by Gasteiger charge is 2.30. The van der Waals surface area contributed by atoms with Gasteiger partial charge < -0.3 is 0 Å². The minimum atomic E-state index is -4.34. The predicted molar refractivity (Wildman–Crippen MR) is 78.6 cm³/mol. The van der Waals surface area contributed by atoms with Crippen LogP contribution >= 0.6 is 0 Å². The van der Waals surface area contributed by atoms with Crippen molar-refractivity contribution in [1.82, 2.24) is 25.3 Å². The van der Waals surface area contributed by atoms with Crippen molar-refractivity contribution in [3.63, 3.8) is 0 Å². The number of halogens is 3. The van der Waals surface area contributed by atoms with Gasteiger partial charge in [-0.2, -0.15) is 18.2 Å². The lowest BCUT2D eigenvalue weighted by atomic mass is 10.1. The monoisotopic (exact) mass is 341 g/mol. The Balaban J connectivity index is 1.60. The van der Waals surface area contributed by atoms with Crippen molar-refractivity contribution in [2.24, 2.45) is 0 Å². The van der Waals surface area contributed by atoms with Crippen LogP contribution in [0.25, 0.3) is 0 Å². The molecule has 1 aliphatic heterocycles. The van der Waals surface area contributed by atoms with Gasteiger partial charge in [0.15, 0.2) is 0 Å². The molecule has 0 aliphatic carbocycles. The van der Waals surface area contributed by atoms with Crippen LogP contribution in [0.15, 0.2) is 24.3 Å². The summed E-state index contributed by atoms with van der Waals surface area (Å²) in [7, 11) is 0. The number of rotatable bonds is 4. The van der Waals surface area contributed by atoms with Crippen molar-refractivity contribution < 1.29 is 18.0 Å². The van der Waals surface area contributed by atoms with Crippen LogP contribution in [0.5, 0.6) is 0 Å². The predicted octanol–water partition coefficient (Wildman–Crippen LogP) is 2.77. The van der Waals surface area contributed by atoms with Crippen molar-refractivity contribution in [1.29, 1.82) is 0 Å². The van der Waals surface area contributed by atoms with Gasteiger partial charge in [0, 0.05) is 13.1 Å². The van der Waals surface area contributed by atoms with Gasteiger partial charge >= 0.3 is 6.18 Å². The topological polar surface area (TPSA) is 56.1 Å². The van der Waals surface area contributed by atoms with E-state index in [0.29, 0.717) is 12.1 Å². The number of tetrazole rings is 1. The maximum absolute atomic E-state index is 12.7. The van der Waals surface area contributed by atoms with Crippen molar-refractivity contribution in [3.05, 3.63) is 41.2 Å². The van der Waals surface area contributed by atoms with E-state index in [-0.39, 0.29) is 12.6 Å². The number of hydrogen-bond acceptors (Lipinski definition) is 5. The van der Waals surface area contributed by atoms with E-state index in [1.54, 1.807) is 15.8 Å². The van der Waals surface area contributed by atoms with Crippen LogP contribution in [0, 0.1) is 6.92 Å². The molecule has 0 saturated carbocycles. The molecule has 0 N–H and O–H groups in total. The molecule has 1 fully saturated rings. The van der Waals surface area contributed by atoms with E-state index >= 15 is 0 Å². The van der Waals surface area contributed by atoms with Gasteiger partial charge in [-0.3, -0.25) is 4.84 Å². The minimum absolute atomic E-state index is 0.102. The Morgan fingerprint density at radius 1 is 1.33 bits per heavy atom. The molecule has 0 amide bonds. The molecular formula is C15H18F3N5O. The van der Waals surface area contributed by atoms with Gasteiger partial charge in [0.2, 0.25) is 0 Å². The lowest BCUT2D eigenvalue weighted by Crippen LogP contribution is -2.37. The molecule has 1 aromatic carbocycles. The molecule has 1 aliphatic rings. The second-order valence-corrected chi connectivity index (χ2v) is 5.83. The third kappa shape index (κ3) is 3.90. The van der Waals surface area contributed by atoms with Crippen LogP contribution in [0.2, 0.25) is 0 Å². The molecule has 2 heterocycles. The van der Waals surface area contributed by atoms with Crippen LogP contribution in [-0.2, 0) is 17.6 Å². The molecule has 6 nitrogen and oxygen atoms in total. The SMILES string of the molecule is Cc1nnnn1C1CCCN(OCc2cccc(C(F)(F)F)c2)C1. The molecular weight excluding hydrogens is 323 g/mol. The quantitative estimate of drug-likeness (QED) is 0.856. The fourth-order valence-electron chi connectivity index (χ4n) is 2.82. The van der Waals surface area contributed by atoms with Gasteiger partial charge in [0.1, 0.15) is 5.82 Å². The van der Waals surface area contributed by atoms with E-state index in [1.165, 1.54) is 6.07 Å². The molecule has 0 radical (unpaired) electrons. The Bertz CT molecular complexity index is 688. The number of aromatic nitrogens is 4. The van der Waals surface area contributed by atoms with E-state index in [1.807, 2.05) is 6.92 Å². The van der Waals surface area contributed by atoms with Crippen molar-refractivity contribution in [2.45, 2.75) is 38.6 Å². The highest BCUT2D eigenvalue weighted by molar-refractivity contribution is 5.25. The first kappa shape index (κ1) is 16.8. The number of aryl methyl sites for hydroxylation is 1. The molecule has 2 aromatic rings. The Hall–Kier alpha value is -2.00. The molecule has 3 rings (SSSR count). The van der Waals surface area contributed by atoms with Crippen molar-refractivity contribution in [2.75, 3.05) is 13.1 Å². The maximum Gasteiger partial charge on any atom is 0.416 e. The largest absolute Gasteiger partial charge is 0.416 e.